The van der Waals surface area contributed by atoms with Crippen LogP contribution in [0.1, 0.15) is 62.4 Å². The van der Waals surface area contributed by atoms with E-state index in [0.717, 1.165) is 68.7 Å². The molecule has 196 valence electrons. The molecule has 0 spiro atoms. The monoisotopic (exact) mass is 513 g/mol. The molecule has 1 aromatic carbocycles. The van der Waals surface area contributed by atoms with Gasteiger partial charge in [0, 0.05) is 42.1 Å². The molecular weight excluding hydrogens is 474 g/mol. The lowest BCUT2D eigenvalue weighted by molar-refractivity contribution is -0.148. The van der Waals surface area contributed by atoms with Gasteiger partial charge in [-0.2, -0.15) is 0 Å². The quantitative estimate of drug-likeness (QED) is 0.624. The predicted octanol–water partition coefficient (Wildman–Crippen LogP) is 4.33. The Balaban J connectivity index is 1.30. The summed E-state index contributed by atoms with van der Waals surface area (Å²) in [5.41, 5.74) is 0.239. The fourth-order valence-electron chi connectivity index (χ4n) is 6.50. The van der Waals surface area contributed by atoms with Gasteiger partial charge in [0.2, 0.25) is 0 Å². The van der Waals surface area contributed by atoms with E-state index in [4.69, 9.17) is 11.6 Å². The maximum Gasteiger partial charge on any atom is 0.269 e. The van der Waals surface area contributed by atoms with Crippen LogP contribution in [0.15, 0.2) is 24.3 Å². The second-order valence-electron chi connectivity index (χ2n) is 11.3. The third-order valence-corrected chi connectivity index (χ3v) is 9.08. The van der Waals surface area contributed by atoms with Gasteiger partial charge in [0.1, 0.15) is 5.69 Å². The number of nitrogens with one attached hydrogen (secondary N) is 2. The molecule has 7 nitrogen and oxygen atoms in total. The smallest absolute Gasteiger partial charge is 0.269 e. The van der Waals surface area contributed by atoms with Crippen LogP contribution in [0.3, 0.4) is 0 Å². The molecule has 3 fully saturated rings. The number of aromatic amines is 1. The van der Waals surface area contributed by atoms with Crippen molar-refractivity contribution < 1.29 is 9.59 Å². The Morgan fingerprint density at radius 2 is 1.58 bits per heavy atom. The number of carbonyl (C=O) groups excluding carboxylic acids is 2. The van der Waals surface area contributed by atoms with Crippen LogP contribution < -0.4 is 5.32 Å². The van der Waals surface area contributed by atoms with Crippen LogP contribution in [-0.4, -0.2) is 83.5 Å². The SMILES string of the molecule is CN1CCC(C2CCN(C(=O)[C@@](C)(NC(=O)c3cc4cc(Cl)ccc4[nH]3)N3CCCCC3)CC2)CC1. The van der Waals surface area contributed by atoms with Gasteiger partial charge in [-0.25, -0.2) is 0 Å². The number of carbonyl (C=O) groups is 2. The molecule has 0 saturated carbocycles. The van der Waals surface area contributed by atoms with E-state index in [-0.39, 0.29) is 11.8 Å². The number of hydrogen-bond acceptors (Lipinski definition) is 4. The number of halogens is 1. The number of hydrogen-bond donors (Lipinski definition) is 2. The molecule has 2 aromatic rings. The number of aromatic nitrogens is 1. The maximum atomic E-state index is 14.1. The van der Waals surface area contributed by atoms with Crippen molar-refractivity contribution in [1.29, 1.82) is 0 Å². The van der Waals surface area contributed by atoms with E-state index in [1.807, 2.05) is 30.0 Å². The molecule has 2 N–H and O–H groups in total. The average molecular weight is 514 g/mol. The zero-order chi connectivity index (χ0) is 25.3. The van der Waals surface area contributed by atoms with Gasteiger partial charge in [-0.05, 0) is 102 Å². The van der Waals surface area contributed by atoms with Crippen molar-refractivity contribution in [3.63, 3.8) is 0 Å². The zero-order valence-electron chi connectivity index (χ0n) is 21.7. The van der Waals surface area contributed by atoms with Crippen LogP contribution in [0.5, 0.6) is 0 Å². The summed E-state index contributed by atoms with van der Waals surface area (Å²) < 4.78 is 0. The largest absolute Gasteiger partial charge is 0.351 e. The van der Waals surface area contributed by atoms with E-state index in [2.05, 4.69) is 27.1 Å². The number of amides is 2. The van der Waals surface area contributed by atoms with E-state index in [9.17, 15) is 9.59 Å². The van der Waals surface area contributed by atoms with Crippen LogP contribution in [0, 0.1) is 11.8 Å². The third kappa shape index (κ3) is 5.29. The molecule has 3 saturated heterocycles. The van der Waals surface area contributed by atoms with Gasteiger partial charge in [-0.1, -0.05) is 18.0 Å². The number of H-pyrrole nitrogens is 1. The Hall–Kier alpha value is -2.09. The molecule has 4 heterocycles. The second kappa shape index (κ2) is 10.7. The molecule has 3 aliphatic heterocycles. The Kier molecular flexibility index (Phi) is 7.61. The predicted molar refractivity (Wildman–Crippen MR) is 144 cm³/mol. The molecule has 0 bridgehead atoms. The second-order valence-corrected chi connectivity index (χ2v) is 11.7. The fourth-order valence-corrected chi connectivity index (χ4v) is 6.69. The van der Waals surface area contributed by atoms with Crippen molar-refractivity contribution >= 4 is 34.3 Å². The van der Waals surface area contributed by atoms with E-state index < -0.39 is 5.66 Å². The van der Waals surface area contributed by atoms with E-state index in [1.54, 1.807) is 6.07 Å². The molecule has 5 rings (SSSR count). The first-order chi connectivity index (χ1) is 17.3. The van der Waals surface area contributed by atoms with E-state index >= 15 is 0 Å². The first-order valence-electron chi connectivity index (χ1n) is 13.7. The minimum atomic E-state index is -1.06. The number of fused-ring (bicyclic) bond motifs is 1. The summed E-state index contributed by atoms with van der Waals surface area (Å²) in [5.74, 6) is 1.25. The summed E-state index contributed by atoms with van der Waals surface area (Å²) in [7, 11) is 2.21. The van der Waals surface area contributed by atoms with E-state index in [0.29, 0.717) is 16.6 Å². The highest BCUT2D eigenvalue weighted by molar-refractivity contribution is 6.31. The van der Waals surface area contributed by atoms with Crippen LogP contribution in [0.25, 0.3) is 10.9 Å². The fraction of sp³-hybridized carbons (Fsp3) is 0.643. The minimum absolute atomic E-state index is 0.0266. The summed E-state index contributed by atoms with van der Waals surface area (Å²) >= 11 is 6.14. The molecule has 1 aromatic heterocycles. The first-order valence-corrected chi connectivity index (χ1v) is 14.0. The van der Waals surface area contributed by atoms with Gasteiger partial charge in [0.25, 0.3) is 11.8 Å². The third-order valence-electron chi connectivity index (χ3n) is 8.85. The number of likely N-dealkylation sites (tertiary alicyclic amines) is 3. The Labute approximate surface area is 219 Å². The van der Waals surface area contributed by atoms with Gasteiger partial charge in [0.15, 0.2) is 5.66 Å². The van der Waals surface area contributed by atoms with Crippen molar-refractivity contribution in [1.82, 2.24) is 25.0 Å². The summed E-state index contributed by atoms with van der Waals surface area (Å²) in [6, 6.07) is 7.33. The molecular formula is C28H40ClN5O2. The van der Waals surface area contributed by atoms with Gasteiger partial charge in [-0.3, -0.25) is 14.5 Å². The summed E-state index contributed by atoms with van der Waals surface area (Å²) in [6.07, 6.45) is 7.92. The van der Waals surface area contributed by atoms with Crippen LogP contribution in [0.4, 0.5) is 0 Å². The molecule has 0 aliphatic carbocycles. The van der Waals surface area contributed by atoms with Crippen LogP contribution >= 0.6 is 11.6 Å². The highest BCUT2D eigenvalue weighted by atomic mass is 35.5. The van der Waals surface area contributed by atoms with Crippen LogP contribution in [0.2, 0.25) is 5.02 Å². The highest BCUT2D eigenvalue weighted by Gasteiger charge is 2.45. The molecule has 1 atom stereocenters. The van der Waals surface area contributed by atoms with Crippen molar-refractivity contribution in [3.8, 4) is 0 Å². The molecule has 36 heavy (non-hydrogen) atoms. The number of benzene rings is 1. The Morgan fingerprint density at radius 1 is 0.944 bits per heavy atom. The lowest BCUT2D eigenvalue weighted by Gasteiger charge is -2.46. The van der Waals surface area contributed by atoms with Gasteiger partial charge in [-0.15, -0.1) is 0 Å². The van der Waals surface area contributed by atoms with Crippen molar-refractivity contribution in [2.24, 2.45) is 11.8 Å². The number of nitrogens with zero attached hydrogens (tertiary/aromatic N) is 3. The standard InChI is InChI=1S/C28H40ClN5O2/c1-28(34-12-4-3-5-13-34,31-26(35)25-19-22-18-23(29)6-7-24(22)30-25)27(36)33-16-10-21(11-17-33)20-8-14-32(2)15-9-20/h6-7,18-21,30H,3-5,8-17H2,1-2H3,(H,31,35)/t28-/m0/s1. The Bertz CT molecular complexity index is 1080. The molecule has 3 aliphatic rings. The van der Waals surface area contributed by atoms with Gasteiger partial charge < -0.3 is 20.1 Å². The lowest BCUT2D eigenvalue weighted by atomic mass is 9.78. The summed E-state index contributed by atoms with van der Waals surface area (Å²) in [5, 5.41) is 4.67. The summed E-state index contributed by atoms with van der Waals surface area (Å²) in [4.78, 5) is 37.3. The number of piperidine rings is 3. The van der Waals surface area contributed by atoms with Crippen molar-refractivity contribution in [2.45, 2.75) is 57.5 Å². The molecule has 0 radical (unpaired) electrons. The van der Waals surface area contributed by atoms with E-state index in [1.165, 1.54) is 32.4 Å². The molecule has 8 heteroatoms. The topological polar surface area (TPSA) is 71.7 Å². The molecule has 0 unspecified atom stereocenters. The van der Waals surface area contributed by atoms with Crippen LogP contribution in [-0.2, 0) is 4.79 Å². The van der Waals surface area contributed by atoms with Gasteiger partial charge in [0.05, 0.1) is 0 Å². The lowest BCUT2D eigenvalue weighted by Crippen LogP contribution is -2.68. The number of rotatable bonds is 5. The van der Waals surface area contributed by atoms with Crippen molar-refractivity contribution in [2.75, 3.05) is 46.3 Å². The summed E-state index contributed by atoms with van der Waals surface area (Å²) in [6.45, 7) is 7.46. The first kappa shape index (κ1) is 25.6. The highest BCUT2D eigenvalue weighted by Crippen LogP contribution is 2.33. The molecule has 2 amide bonds. The zero-order valence-corrected chi connectivity index (χ0v) is 22.4. The van der Waals surface area contributed by atoms with Gasteiger partial charge >= 0.3 is 0 Å². The maximum absolute atomic E-state index is 14.1. The van der Waals surface area contributed by atoms with Crippen molar-refractivity contribution in [3.05, 3.63) is 35.0 Å². The minimum Gasteiger partial charge on any atom is -0.351 e. The Morgan fingerprint density at radius 3 is 2.25 bits per heavy atom. The normalized spacial score (nSPS) is 23.0. The average Bonchev–Trinajstić information content (AvgIpc) is 3.33.